The zero-order chi connectivity index (χ0) is 21.9. The first kappa shape index (κ1) is 20.4. The third-order valence-electron chi connectivity index (χ3n) is 7.60. The second-order valence-corrected chi connectivity index (χ2v) is 11.0. The Balaban J connectivity index is 1.25. The van der Waals surface area contributed by atoms with Crippen molar-refractivity contribution in [2.75, 3.05) is 5.32 Å². The van der Waals surface area contributed by atoms with E-state index >= 15 is 0 Å². The van der Waals surface area contributed by atoms with Crippen molar-refractivity contribution in [2.24, 2.45) is 17.3 Å². The molecule has 2 heterocycles. The Morgan fingerprint density at radius 1 is 1.16 bits per heavy atom. The fourth-order valence-corrected chi connectivity index (χ4v) is 7.25. The molecule has 1 amide bonds. The standard InChI is InChI=1S/C23H24BrClN6O/c24-21-26-14-31(29-21)23-9-16-6-17(10-23)8-22(7-16,13-23)20(32)27-19-18(25)12-30(28-19)11-15-4-2-1-3-5-15/h1-5,12,14,16-17H,6-11,13H2,(H,27,28,32). The molecule has 2 atom stereocenters. The molecule has 2 unspecified atom stereocenters. The molecule has 2 aromatic heterocycles. The molecule has 7 nitrogen and oxygen atoms in total. The predicted octanol–water partition coefficient (Wildman–Crippen LogP) is 4.87. The second-order valence-electron chi connectivity index (χ2n) is 9.89. The molecule has 0 aliphatic heterocycles. The topological polar surface area (TPSA) is 77.6 Å². The van der Waals surface area contributed by atoms with Crippen LogP contribution in [0.1, 0.15) is 44.1 Å². The number of amides is 1. The van der Waals surface area contributed by atoms with E-state index in [0.717, 1.165) is 37.7 Å². The molecule has 1 aromatic carbocycles. The van der Waals surface area contributed by atoms with Gasteiger partial charge in [0.05, 0.1) is 17.5 Å². The number of aromatic nitrogens is 5. The fraction of sp³-hybridized carbons (Fsp3) is 0.478. The summed E-state index contributed by atoms with van der Waals surface area (Å²) in [6, 6.07) is 10.1. The van der Waals surface area contributed by atoms with Gasteiger partial charge in [0.1, 0.15) is 11.3 Å². The van der Waals surface area contributed by atoms with Crippen LogP contribution in [-0.4, -0.2) is 30.5 Å². The van der Waals surface area contributed by atoms with E-state index in [4.69, 9.17) is 11.6 Å². The third-order valence-corrected chi connectivity index (χ3v) is 8.24. The van der Waals surface area contributed by atoms with Gasteiger partial charge in [-0.3, -0.25) is 9.48 Å². The highest BCUT2D eigenvalue weighted by molar-refractivity contribution is 9.10. The van der Waals surface area contributed by atoms with E-state index in [1.165, 1.54) is 6.42 Å². The minimum atomic E-state index is -0.408. The number of rotatable bonds is 5. The number of hydrogen-bond donors (Lipinski definition) is 1. The van der Waals surface area contributed by atoms with Crippen molar-refractivity contribution in [3.8, 4) is 0 Å². The highest BCUT2D eigenvalue weighted by Gasteiger charge is 2.61. The number of carbonyl (C=O) groups excluding carboxylic acids is 1. The van der Waals surface area contributed by atoms with Crippen molar-refractivity contribution >= 4 is 39.3 Å². The molecular formula is C23H24BrClN6O. The number of hydrogen-bond acceptors (Lipinski definition) is 4. The van der Waals surface area contributed by atoms with Crippen molar-refractivity contribution in [1.29, 1.82) is 0 Å². The molecular weight excluding hydrogens is 492 g/mol. The predicted molar refractivity (Wildman–Crippen MR) is 124 cm³/mol. The van der Waals surface area contributed by atoms with Crippen LogP contribution in [0.5, 0.6) is 0 Å². The van der Waals surface area contributed by atoms with Crippen molar-refractivity contribution in [3.05, 3.63) is 58.2 Å². The van der Waals surface area contributed by atoms with Gasteiger partial charge in [-0.2, -0.15) is 5.10 Å². The maximum atomic E-state index is 13.7. The zero-order valence-electron chi connectivity index (χ0n) is 17.5. The van der Waals surface area contributed by atoms with Gasteiger partial charge in [-0.15, -0.1) is 5.10 Å². The normalized spacial score (nSPS) is 30.6. The number of nitrogens with zero attached hydrogens (tertiary/aromatic N) is 5. The van der Waals surface area contributed by atoms with Crippen LogP contribution in [0.2, 0.25) is 5.02 Å². The summed E-state index contributed by atoms with van der Waals surface area (Å²) < 4.78 is 4.39. The lowest BCUT2D eigenvalue weighted by molar-refractivity contribution is -0.150. The molecule has 4 bridgehead atoms. The molecule has 32 heavy (non-hydrogen) atoms. The lowest BCUT2D eigenvalue weighted by Gasteiger charge is -2.60. The van der Waals surface area contributed by atoms with Crippen molar-refractivity contribution < 1.29 is 4.79 Å². The summed E-state index contributed by atoms with van der Waals surface area (Å²) in [7, 11) is 0. The second kappa shape index (κ2) is 7.42. The van der Waals surface area contributed by atoms with Crippen LogP contribution in [0, 0.1) is 17.3 Å². The number of carbonyl (C=O) groups is 1. The summed E-state index contributed by atoms with van der Waals surface area (Å²) in [6.45, 7) is 0.607. The molecule has 7 rings (SSSR count). The number of anilines is 1. The Morgan fingerprint density at radius 2 is 1.91 bits per heavy atom. The summed E-state index contributed by atoms with van der Waals surface area (Å²) in [4.78, 5) is 18.0. The number of nitrogens with one attached hydrogen (secondary N) is 1. The molecule has 4 fully saturated rings. The minimum absolute atomic E-state index is 0.0435. The van der Waals surface area contributed by atoms with E-state index in [1.54, 1.807) is 10.9 Å². The monoisotopic (exact) mass is 514 g/mol. The minimum Gasteiger partial charge on any atom is -0.307 e. The summed E-state index contributed by atoms with van der Waals surface area (Å²) >= 11 is 9.85. The van der Waals surface area contributed by atoms with Crippen molar-refractivity contribution in [1.82, 2.24) is 24.5 Å². The van der Waals surface area contributed by atoms with Gasteiger partial charge in [-0.25, -0.2) is 9.67 Å². The molecule has 166 valence electrons. The Bertz CT molecular complexity index is 1160. The van der Waals surface area contributed by atoms with Crippen LogP contribution in [-0.2, 0) is 16.9 Å². The molecule has 3 aromatic rings. The summed E-state index contributed by atoms with van der Waals surface area (Å²) in [5.74, 6) is 1.56. The summed E-state index contributed by atoms with van der Waals surface area (Å²) in [5, 5.41) is 12.7. The maximum Gasteiger partial charge on any atom is 0.231 e. The quantitative estimate of drug-likeness (QED) is 0.526. The van der Waals surface area contributed by atoms with E-state index in [0.29, 0.717) is 34.0 Å². The first-order valence-electron chi connectivity index (χ1n) is 11.1. The first-order chi connectivity index (χ1) is 15.4. The highest BCUT2D eigenvalue weighted by atomic mass is 79.9. The van der Waals surface area contributed by atoms with Crippen LogP contribution in [0.25, 0.3) is 0 Å². The Hall–Kier alpha value is -2.19. The molecule has 4 aliphatic carbocycles. The van der Waals surface area contributed by atoms with Gasteiger partial charge in [0.25, 0.3) is 0 Å². The van der Waals surface area contributed by atoms with E-state index < -0.39 is 5.41 Å². The van der Waals surface area contributed by atoms with Gasteiger partial charge in [0.15, 0.2) is 5.82 Å². The SMILES string of the molecule is O=C(Nc1nn(Cc2ccccc2)cc1Cl)C12CC3CC(C1)CC(n1cnc(Br)n1)(C3)C2. The van der Waals surface area contributed by atoms with Gasteiger partial charge < -0.3 is 5.32 Å². The number of benzene rings is 1. The Labute approximate surface area is 199 Å². The van der Waals surface area contributed by atoms with Crippen molar-refractivity contribution in [3.63, 3.8) is 0 Å². The first-order valence-corrected chi connectivity index (χ1v) is 12.3. The third kappa shape index (κ3) is 3.39. The van der Waals surface area contributed by atoms with Crippen molar-refractivity contribution in [2.45, 2.75) is 50.6 Å². The van der Waals surface area contributed by atoms with Gasteiger partial charge in [-0.05, 0) is 71.9 Å². The summed E-state index contributed by atoms with van der Waals surface area (Å²) in [6.07, 6.45) is 9.57. The van der Waals surface area contributed by atoms with E-state index in [1.807, 2.05) is 41.3 Å². The lowest BCUT2D eigenvalue weighted by Crippen LogP contribution is -2.60. The zero-order valence-corrected chi connectivity index (χ0v) is 19.9. The Kier molecular flexibility index (Phi) is 4.73. The molecule has 4 saturated carbocycles. The van der Waals surface area contributed by atoms with Gasteiger partial charge >= 0.3 is 0 Å². The molecule has 0 radical (unpaired) electrons. The molecule has 4 aliphatic rings. The average molecular weight is 516 g/mol. The summed E-state index contributed by atoms with van der Waals surface area (Å²) in [5.41, 5.74) is 0.595. The number of halogens is 2. The Morgan fingerprint density at radius 3 is 2.59 bits per heavy atom. The average Bonchev–Trinajstić information content (AvgIpc) is 3.34. The molecule has 9 heteroatoms. The van der Waals surface area contributed by atoms with E-state index in [-0.39, 0.29) is 11.4 Å². The van der Waals surface area contributed by atoms with Crippen LogP contribution in [0.15, 0.2) is 47.6 Å². The largest absolute Gasteiger partial charge is 0.307 e. The van der Waals surface area contributed by atoms with Crippen LogP contribution in [0.4, 0.5) is 5.82 Å². The van der Waals surface area contributed by atoms with Crippen LogP contribution in [0.3, 0.4) is 0 Å². The molecule has 0 spiro atoms. The van der Waals surface area contributed by atoms with E-state index in [2.05, 4.69) is 36.4 Å². The fourth-order valence-electron chi connectivity index (χ4n) is 6.79. The van der Waals surface area contributed by atoms with Crippen LogP contribution >= 0.6 is 27.5 Å². The van der Waals surface area contributed by atoms with Gasteiger partial charge in [0, 0.05) is 6.20 Å². The smallest absolute Gasteiger partial charge is 0.231 e. The highest BCUT2D eigenvalue weighted by Crippen LogP contribution is 2.64. The molecule has 1 N–H and O–H groups in total. The van der Waals surface area contributed by atoms with Crippen LogP contribution < -0.4 is 5.32 Å². The molecule has 0 saturated heterocycles. The van der Waals surface area contributed by atoms with E-state index in [9.17, 15) is 4.79 Å². The lowest BCUT2D eigenvalue weighted by atomic mass is 9.46. The van der Waals surface area contributed by atoms with Gasteiger partial charge in [0.2, 0.25) is 10.6 Å². The maximum absolute atomic E-state index is 13.7. The van der Waals surface area contributed by atoms with Gasteiger partial charge in [-0.1, -0.05) is 41.9 Å².